The molecule has 0 saturated carbocycles. The number of nitrogens with two attached hydrogens (primary N) is 1. The summed E-state index contributed by atoms with van der Waals surface area (Å²) in [5.41, 5.74) is 9.05. The summed E-state index contributed by atoms with van der Waals surface area (Å²) in [6, 6.07) is 6.15. The molecular formula is C11H14N4S. The first kappa shape index (κ1) is 11.0. The Labute approximate surface area is 98.5 Å². The Bertz CT molecular complexity index is 492. The van der Waals surface area contributed by atoms with E-state index in [4.69, 9.17) is 5.73 Å². The van der Waals surface area contributed by atoms with Crippen LogP contribution in [0.3, 0.4) is 0 Å². The monoisotopic (exact) mass is 234 g/mol. The number of hydrogen-bond donors (Lipinski definition) is 2. The van der Waals surface area contributed by atoms with Crippen molar-refractivity contribution in [3.63, 3.8) is 0 Å². The van der Waals surface area contributed by atoms with Crippen molar-refractivity contribution in [2.24, 2.45) is 5.73 Å². The van der Waals surface area contributed by atoms with Crippen molar-refractivity contribution in [3.05, 3.63) is 34.3 Å². The van der Waals surface area contributed by atoms with E-state index in [2.05, 4.69) is 35.4 Å². The third-order valence-electron chi connectivity index (χ3n) is 2.49. The molecule has 0 saturated heterocycles. The van der Waals surface area contributed by atoms with Crippen molar-refractivity contribution in [1.82, 2.24) is 10.2 Å². The van der Waals surface area contributed by atoms with Gasteiger partial charge < -0.3 is 11.1 Å². The summed E-state index contributed by atoms with van der Waals surface area (Å²) in [5.74, 6) is 0. The van der Waals surface area contributed by atoms with Gasteiger partial charge in [0.15, 0.2) is 0 Å². The summed E-state index contributed by atoms with van der Waals surface area (Å²) in [6.45, 7) is 4.61. The highest BCUT2D eigenvalue weighted by Gasteiger charge is 2.05. The van der Waals surface area contributed by atoms with Crippen LogP contribution in [0.2, 0.25) is 0 Å². The van der Waals surface area contributed by atoms with Crippen LogP contribution < -0.4 is 11.1 Å². The Morgan fingerprint density at radius 2 is 2.12 bits per heavy atom. The molecule has 0 spiro atoms. The normalized spacial score (nSPS) is 10.4. The highest BCUT2D eigenvalue weighted by Crippen LogP contribution is 2.24. The van der Waals surface area contributed by atoms with Gasteiger partial charge in [0.1, 0.15) is 5.01 Å². The van der Waals surface area contributed by atoms with Crippen molar-refractivity contribution in [2.45, 2.75) is 20.4 Å². The lowest BCUT2D eigenvalue weighted by Gasteiger charge is -2.08. The molecule has 5 heteroatoms. The minimum atomic E-state index is 0.437. The van der Waals surface area contributed by atoms with Gasteiger partial charge in [-0.15, -0.1) is 10.2 Å². The Morgan fingerprint density at radius 3 is 2.81 bits per heavy atom. The van der Waals surface area contributed by atoms with Gasteiger partial charge in [-0.1, -0.05) is 23.5 Å². The molecule has 4 nitrogen and oxygen atoms in total. The highest BCUT2D eigenvalue weighted by molar-refractivity contribution is 7.15. The van der Waals surface area contributed by atoms with E-state index in [0.29, 0.717) is 6.54 Å². The molecule has 1 heterocycles. The zero-order valence-electron chi connectivity index (χ0n) is 9.32. The topological polar surface area (TPSA) is 63.8 Å². The average Bonchev–Trinajstić information content (AvgIpc) is 2.73. The van der Waals surface area contributed by atoms with Crippen molar-refractivity contribution >= 4 is 22.2 Å². The van der Waals surface area contributed by atoms with E-state index in [1.54, 1.807) is 0 Å². The molecule has 0 atom stereocenters. The van der Waals surface area contributed by atoms with Crippen LogP contribution in [0, 0.1) is 13.8 Å². The maximum atomic E-state index is 5.49. The Morgan fingerprint density at radius 1 is 1.31 bits per heavy atom. The number of rotatable bonds is 3. The second-order valence-corrected chi connectivity index (χ2v) is 4.64. The fourth-order valence-corrected chi connectivity index (χ4v) is 2.02. The fraction of sp³-hybridized carbons (Fsp3) is 0.273. The lowest BCUT2D eigenvalue weighted by molar-refractivity contribution is 0.960. The molecule has 84 valence electrons. The van der Waals surface area contributed by atoms with Crippen molar-refractivity contribution in [2.75, 3.05) is 5.32 Å². The number of aryl methyl sites for hydroxylation is 1. The maximum Gasteiger partial charge on any atom is 0.210 e. The zero-order valence-corrected chi connectivity index (χ0v) is 10.1. The number of anilines is 2. The van der Waals surface area contributed by atoms with Crippen molar-refractivity contribution in [3.8, 4) is 0 Å². The Balaban J connectivity index is 2.23. The lowest BCUT2D eigenvalue weighted by Crippen LogP contribution is -1.94. The molecule has 2 aromatic rings. The van der Waals surface area contributed by atoms with E-state index in [1.165, 1.54) is 22.5 Å². The number of nitrogens with zero attached hydrogens (tertiary/aromatic N) is 2. The summed E-state index contributed by atoms with van der Waals surface area (Å²) < 4.78 is 0. The molecule has 0 radical (unpaired) electrons. The van der Waals surface area contributed by atoms with Crippen molar-refractivity contribution < 1.29 is 0 Å². The second kappa shape index (κ2) is 4.59. The number of aromatic nitrogens is 2. The molecule has 1 aromatic heterocycles. The Hall–Kier alpha value is -1.46. The minimum absolute atomic E-state index is 0.437. The van der Waals surface area contributed by atoms with Gasteiger partial charge in [0.25, 0.3) is 0 Å². The minimum Gasteiger partial charge on any atom is -0.330 e. The third kappa shape index (κ3) is 2.20. The molecule has 0 aliphatic rings. The van der Waals surface area contributed by atoms with Gasteiger partial charge in [-0.05, 0) is 31.0 Å². The average molecular weight is 234 g/mol. The van der Waals surface area contributed by atoms with Gasteiger partial charge in [-0.2, -0.15) is 0 Å². The number of hydrogen-bond acceptors (Lipinski definition) is 5. The first-order chi connectivity index (χ1) is 7.70. The predicted molar refractivity (Wildman–Crippen MR) is 67.0 cm³/mol. The fourth-order valence-electron chi connectivity index (χ4n) is 1.39. The number of nitrogens with one attached hydrogen (secondary N) is 1. The summed E-state index contributed by atoms with van der Waals surface area (Å²) in [6.07, 6.45) is 0. The van der Waals surface area contributed by atoms with E-state index in [-0.39, 0.29) is 0 Å². The molecule has 0 amide bonds. The van der Waals surface area contributed by atoms with Crippen LogP contribution in [0.15, 0.2) is 18.2 Å². The molecule has 0 unspecified atom stereocenters. The summed E-state index contributed by atoms with van der Waals surface area (Å²) in [7, 11) is 0. The van der Waals surface area contributed by atoms with E-state index in [1.807, 2.05) is 12.1 Å². The van der Waals surface area contributed by atoms with Gasteiger partial charge in [0, 0.05) is 12.2 Å². The smallest absolute Gasteiger partial charge is 0.210 e. The Kier molecular flexibility index (Phi) is 3.17. The van der Waals surface area contributed by atoms with Crippen LogP contribution in [0.4, 0.5) is 10.8 Å². The summed E-state index contributed by atoms with van der Waals surface area (Å²) in [5, 5.41) is 12.9. The van der Waals surface area contributed by atoms with E-state index >= 15 is 0 Å². The van der Waals surface area contributed by atoms with Crippen LogP contribution in [-0.2, 0) is 6.54 Å². The van der Waals surface area contributed by atoms with Gasteiger partial charge >= 0.3 is 0 Å². The van der Waals surface area contributed by atoms with Crippen molar-refractivity contribution in [1.29, 1.82) is 0 Å². The highest BCUT2D eigenvalue weighted by atomic mass is 32.1. The molecular weight excluding hydrogens is 220 g/mol. The molecule has 16 heavy (non-hydrogen) atoms. The quantitative estimate of drug-likeness (QED) is 0.855. The van der Waals surface area contributed by atoms with Crippen LogP contribution in [0.1, 0.15) is 16.1 Å². The molecule has 0 aliphatic carbocycles. The SMILES string of the molecule is Cc1cccc(Nc2nnc(CN)s2)c1C. The molecule has 0 fully saturated rings. The molecule has 0 bridgehead atoms. The van der Waals surface area contributed by atoms with E-state index in [0.717, 1.165) is 15.8 Å². The van der Waals surface area contributed by atoms with Crippen LogP contribution in [0.5, 0.6) is 0 Å². The van der Waals surface area contributed by atoms with E-state index in [9.17, 15) is 0 Å². The van der Waals surface area contributed by atoms with Gasteiger partial charge in [-0.25, -0.2) is 0 Å². The first-order valence-electron chi connectivity index (χ1n) is 5.06. The van der Waals surface area contributed by atoms with E-state index < -0.39 is 0 Å². The van der Waals surface area contributed by atoms with Crippen LogP contribution >= 0.6 is 11.3 Å². The summed E-state index contributed by atoms with van der Waals surface area (Å²) >= 11 is 1.48. The molecule has 0 aliphatic heterocycles. The second-order valence-electron chi connectivity index (χ2n) is 3.58. The largest absolute Gasteiger partial charge is 0.330 e. The summed E-state index contributed by atoms with van der Waals surface area (Å²) in [4.78, 5) is 0. The predicted octanol–water partition coefficient (Wildman–Crippen LogP) is 2.36. The van der Waals surface area contributed by atoms with Gasteiger partial charge in [0.05, 0.1) is 0 Å². The van der Waals surface area contributed by atoms with Gasteiger partial charge in [-0.3, -0.25) is 0 Å². The van der Waals surface area contributed by atoms with Crippen LogP contribution in [0.25, 0.3) is 0 Å². The lowest BCUT2D eigenvalue weighted by atomic mass is 10.1. The molecule has 3 N–H and O–H groups in total. The van der Waals surface area contributed by atoms with Gasteiger partial charge in [0.2, 0.25) is 5.13 Å². The standard InChI is InChI=1S/C11H14N4S/c1-7-4-3-5-9(8(7)2)13-11-15-14-10(6-12)16-11/h3-5H,6,12H2,1-2H3,(H,13,15). The molecule has 1 aromatic carbocycles. The first-order valence-corrected chi connectivity index (χ1v) is 5.88. The van der Waals surface area contributed by atoms with Crippen LogP contribution in [-0.4, -0.2) is 10.2 Å². The number of benzene rings is 1. The zero-order chi connectivity index (χ0) is 11.5. The third-order valence-corrected chi connectivity index (χ3v) is 3.35. The molecule has 2 rings (SSSR count). The maximum absolute atomic E-state index is 5.49.